The number of carbonyl (C=O) groups is 2. The highest BCUT2D eigenvalue weighted by molar-refractivity contribution is 7.90. The lowest BCUT2D eigenvalue weighted by molar-refractivity contribution is -0.132. The highest BCUT2D eigenvalue weighted by Crippen LogP contribution is 2.44. The molecule has 190 valence electrons. The molecule has 0 saturated carbocycles. The van der Waals surface area contributed by atoms with Crippen LogP contribution in [0, 0.1) is 0 Å². The summed E-state index contributed by atoms with van der Waals surface area (Å²) >= 11 is 0. The van der Waals surface area contributed by atoms with E-state index in [1.54, 1.807) is 11.0 Å². The Morgan fingerprint density at radius 3 is 2.31 bits per heavy atom. The molecule has 0 aromatic heterocycles. The van der Waals surface area contributed by atoms with E-state index in [-0.39, 0.29) is 28.7 Å². The molecule has 1 saturated heterocycles. The van der Waals surface area contributed by atoms with Gasteiger partial charge in [0, 0.05) is 37.2 Å². The first-order chi connectivity index (χ1) is 16.5. The van der Waals surface area contributed by atoms with Crippen molar-refractivity contribution in [1.29, 1.82) is 0 Å². The Kier molecular flexibility index (Phi) is 8.10. The third kappa shape index (κ3) is 5.78. The van der Waals surface area contributed by atoms with Crippen LogP contribution in [0.15, 0.2) is 36.4 Å². The zero-order valence-corrected chi connectivity index (χ0v) is 21.7. The molecule has 1 aliphatic heterocycles. The van der Waals surface area contributed by atoms with E-state index in [0.29, 0.717) is 43.7 Å². The van der Waals surface area contributed by atoms with Crippen LogP contribution >= 0.6 is 0 Å². The van der Waals surface area contributed by atoms with E-state index in [0.717, 1.165) is 5.56 Å². The molecule has 8 nitrogen and oxygen atoms in total. The number of likely N-dealkylation sites (tertiary alicyclic amines) is 1. The summed E-state index contributed by atoms with van der Waals surface area (Å²) in [5.41, 5.74) is 1.35. The van der Waals surface area contributed by atoms with E-state index in [2.05, 4.69) is 0 Å². The van der Waals surface area contributed by atoms with Gasteiger partial charge in [0.1, 0.15) is 15.6 Å². The Morgan fingerprint density at radius 1 is 1.09 bits per heavy atom. The third-order valence-electron chi connectivity index (χ3n) is 6.53. The van der Waals surface area contributed by atoms with Crippen molar-refractivity contribution in [2.45, 2.75) is 38.5 Å². The van der Waals surface area contributed by atoms with Gasteiger partial charge in [-0.15, -0.1) is 0 Å². The fourth-order valence-corrected chi connectivity index (χ4v) is 5.53. The maximum Gasteiger partial charge on any atom is 0.308 e. The lowest BCUT2D eigenvalue weighted by atomic mass is 9.77. The van der Waals surface area contributed by atoms with Crippen LogP contribution in [0.3, 0.4) is 0 Å². The number of hydrogen-bond donors (Lipinski definition) is 0. The van der Waals surface area contributed by atoms with Crippen LogP contribution in [-0.4, -0.2) is 64.5 Å². The quantitative estimate of drug-likeness (QED) is 0.382. The van der Waals surface area contributed by atoms with Crippen LogP contribution in [0.5, 0.6) is 17.2 Å². The maximum atomic E-state index is 13.8. The number of esters is 1. The fourth-order valence-electron chi connectivity index (χ4n) is 4.76. The van der Waals surface area contributed by atoms with Crippen LogP contribution in [0.1, 0.15) is 48.2 Å². The first-order valence-electron chi connectivity index (χ1n) is 11.5. The molecule has 2 aromatic rings. The summed E-state index contributed by atoms with van der Waals surface area (Å²) < 4.78 is 40.5. The van der Waals surface area contributed by atoms with E-state index in [4.69, 9.17) is 14.2 Å². The number of nitrogens with zero attached hydrogens (tertiary/aromatic N) is 1. The number of benzene rings is 2. The minimum absolute atomic E-state index is 0.0233. The molecule has 0 spiro atoms. The van der Waals surface area contributed by atoms with Gasteiger partial charge in [-0.25, -0.2) is 8.42 Å². The van der Waals surface area contributed by atoms with Crippen molar-refractivity contribution in [3.63, 3.8) is 0 Å². The second-order valence-electron chi connectivity index (χ2n) is 8.92. The average molecular weight is 504 g/mol. The molecule has 9 heteroatoms. The van der Waals surface area contributed by atoms with E-state index in [1.807, 2.05) is 37.3 Å². The van der Waals surface area contributed by atoms with E-state index in [1.165, 1.54) is 27.4 Å². The van der Waals surface area contributed by atoms with Gasteiger partial charge in [-0.3, -0.25) is 9.59 Å². The van der Waals surface area contributed by atoms with Gasteiger partial charge in [-0.2, -0.15) is 0 Å². The Labute approximate surface area is 207 Å². The van der Waals surface area contributed by atoms with Gasteiger partial charge in [0.15, 0.2) is 11.5 Å². The minimum Gasteiger partial charge on any atom is -0.496 e. The van der Waals surface area contributed by atoms with Crippen molar-refractivity contribution in [1.82, 2.24) is 4.90 Å². The summed E-state index contributed by atoms with van der Waals surface area (Å²) in [5, 5.41) is 0. The molecular weight excluding hydrogens is 470 g/mol. The molecule has 0 radical (unpaired) electrons. The highest BCUT2D eigenvalue weighted by atomic mass is 32.2. The molecule has 0 aliphatic carbocycles. The summed E-state index contributed by atoms with van der Waals surface area (Å²) in [5.74, 6) is -0.0632. The lowest BCUT2D eigenvalue weighted by Gasteiger charge is -2.30. The Bertz CT molecular complexity index is 1190. The number of amides is 1. The fraction of sp³-hybridized carbons (Fsp3) is 0.462. The van der Waals surface area contributed by atoms with Gasteiger partial charge in [-0.1, -0.05) is 37.3 Å². The number of methoxy groups -OCH3 is 2. The Morgan fingerprint density at radius 2 is 1.77 bits per heavy atom. The minimum atomic E-state index is -3.19. The molecule has 1 amide bonds. The lowest BCUT2D eigenvalue weighted by Crippen LogP contribution is -2.36. The summed E-state index contributed by atoms with van der Waals surface area (Å²) in [6.07, 6.45) is 2.78. The third-order valence-corrected chi connectivity index (χ3v) is 7.48. The van der Waals surface area contributed by atoms with Gasteiger partial charge < -0.3 is 19.1 Å². The summed E-state index contributed by atoms with van der Waals surface area (Å²) in [4.78, 5) is 27.4. The van der Waals surface area contributed by atoms with Gasteiger partial charge in [0.25, 0.3) is 5.91 Å². The average Bonchev–Trinajstić information content (AvgIpc) is 3.27. The molecular formula is C26H33NO7S. The molecule has 1 unspecified atom stereocenters. The van der Waals surface area contributed by atoms with Gasteiger partial charge in [-0.05, 0) is 30.9 Å². The van der Waals surface area contributed by atoms with Crippen LogP contribution in [0.2, 0.25) is 0 Å². The molecule has 2 aromatic carbocycles. The molecule has 0 bridgehead atoms. The first kappa shape index (κ1) is 26.5. The van der Waals surface area contributed by atoms with Crippen molar-refractivity contribution in [3.8, 4) is 17.2 Å². The molecule has 1 atom stereocenters. The number of sulfone groups is 1. The summed E-state index contributed by atoms with van der Waals surface area (Å²) in [7, 11) is -0.223. The number of hydrogen-bond acceptors (Lipinski definition) is 7. The van der Waals surface area contributed by atoms with Gasteiger partial charge in [0.2, 0.25) is 0 Å². The van der Waals surface area contributed by atoms with Crippen LogP contribution in [0.25, 0.3) is 0 Å². The summed E-state index contributed by atoms with van der Waals surface area (Å²) in [6.45, 7) is 3.95. The standard InChI is InChI=1S/C26H33NO7S/c1-6-20-22(32-3)16-21(24(23(20)33-4)34-18(2)28)25(29)27-14-12-26(17-27,13-15-35(5,30)31)19-10-8-7-9-11-19/h7-11,16H,6,12-15,17H2,1-5H3. The van der Waals surface area contributed by atoms with Crippen molar-refractivity contribution in [2.24, 2.45) is 0 Å². The zero-order valence-electron chi connectivity index (χ0n) is 20.9. The number of rotatable bonds is 9. The molecule has 1 fully saturated rings. The van der Waals surface area contributed by atoms with E-state index < -0.39 is 21.2 Å². The second-order valence-corrected chi connectivity index (χ2v) is 11.2. The largest absolute Gasteiger partial charge is 0.496 e. The van der Waals surface area contributed by atoms with Gasteiger partial charge >= 0.3 is 5.97 Å². The SMILES string of the molecule is CCc1c(OC)cc(C(=O)N2CCC(CCS(C)(=O)=O)(c3ccccc3)C2)c(OC(C)=O)c1OC. The second kappa shape index (κ2) is 10.7. The first-order valence-corrected chi connectivity index (χ1v) is 13.6. The summed E-state index contributed by atoms with van der Waals surface area (Å²) in [6, 6.07) is 11.3. The van der Waals surface area contributed by atoms with Crippen molar-refractivity contribution in [2.75, 3.05) is 39.3 Å². The van der Waals surface area contributed by atoms with Crippen LogP contribution in [0.4, 0.5) is 0 Å². The highest BCUT2D eigenvalue weighted by Gasteiger charge is 2.42. The molecule has 35 heavy (non-hydrogen) atoms. The van der Waals surface area contributed by atoms with Crippen molar-refractivity contribution >= 4 is 21.7 Å². The van der Waals surface area contributed by atoms with E-state index in [9.17, 15) is 18.0 Å². The maximum absolute atomic E-state index is 13.8. The molecule has 1 aliphatic rings. The number of ether oxygens (including phenoxy) is 3. The van der Waals surface area contributed by atoms with Crippen molar-refractivity contribution < 1.29 is 32.2 Å². The number of carbonyl (C=O) groups excluding carboxylic acids is 2. The Hall–Kier alpha value is -3.07. The van der Waals surface area contributed by atoms with Crippen LogP contribution < -0.4 is 14.2 Å². The van der Waals surface area contributed by atoms with Gasteiger partial charge in [0.05, 0.1) is 25.5 Å². The monoisotopic (exact) mass is 503 g/mol. The van der Waals surface area contributed by atoms with E-state index >= 15 is 0 Å². The zero-order chi connectivity index (χ0) is 25.8. The predicted molar refractivity (Wildman–Crippen MR) is 133 cm³/mol. The predicted octanol–water partition coefficient (Wildman–Crippen LogP) is 3.41. The topological polar surface area (TPSA) is 99.2 Å². The van der Waals surface area contributed by atoms with Crippen LogP contribution in [-0.2, 0) is 26.5 Å². The smallest absolute Gasteiger partial charge is 0.308 e. The van der Waals surface area contributed by atoms with Crippen molar-refractivity contribution in [3.05, 3.63) is 53.1 Å². The molecule has 0 N–H and O–H groups in total. The normalized spacial score (nSPS) is 17.8. The molecule has 3 rings (SSSR count). The Balaban J connectivity index is 2.05. The molecule has 1 heterocycles.